The van der Waals surface area contributed by atoms with Gasteiger partial charge in [-0.25, -0.2) is 0 Å². The molecule has 100 valence electrons. The van der Waals surface area contributed by atoms with Crippen molar-refractivity contribution in [3.8, 4) is 0 Å². The molecular formula is C12H12ClN3O2S. The summed E-state index contributed by atoms with van der Waals surface area (Å²) < 4.78 is 0. The summed E-state index contributed by atoms with van der Waals surface area (Å²) in [6, 6.07) is 4.54. The average molecular weight is 298 g/mol. The van der Waals surface area contributed by atoms with Gasteiger partial charge in [0.15, 0.2) is 0 Å². The lowest BCUT2D eigenvalue weighted by atomic mass is 10.0. The molecule has 2 rings (SSSR count). The number of halogens is 1. The van der Waals surface area contributed by atoms with Gasteiger partial charge in [-0.05, 0) is 24.6 Å². The molecule has 7 heteroatoms. The van der Waals surface area contributed by atoms with Crippen LogP contribution in [0.5, 0.6) is 0 Å². The molecule has 19 heavy (non-hydrogen) atoms. The summed E-state index contributed by atoms with van der Waals surface area (Å²) in [7, 11) is 0. The van der Waals surface area contributed by atoms with Gasteiger partial charge in [0.05, 0.1) is 0 Å². The normalized spacial score (nSPS) is 18.9. The summed E-state index contributed by atoms with van der Waals surface area (Å²) in [5, 5.41) is 5.83. The van der Waals surface area contributed by atoms with Crippen LogP contribution in [0, 0.1) is 0 Å². The number of nitrogens with two attached hydrogens (primary N) is 1. The van der Waals surface area contributed by atoms with Crippen LogP contribution in [0.4, 0.5) is 5.69 Å². The highest BCUT2D eigenvalue weighted by Gasteiger charge is 2.26. The van der Waals surface area contributed by atoms with Gasteiger partial charge in [-0.2, -0.15) is 0 Å². The van der Waals surface area contributed by atoms with Crippen LogP contribution in [0.2, 0.25) is 5.02 Å². The summed E-state index contributed by atoms with van der Waals surface area (Å²) >= 11 is 10.8. The fourth-order valence-electron chi connectivity index (χ4n) is 1.87. The summed E-state index contributed by atoms with van der Waals surface area (Å²) in [5.74, 6) is -0.603. The maximum atomic E-state index is 11.7. The highest BCUT2D eigenvalue weighted by molar-refractivity contribution is 7.80. The second-order valence-corrected chi connectivity index (χ2v) is 5.08. The van der Waals surface area contributed by atoms with Gasteiger partial charge in [0.1, 0.15) is 11.0 Å². The first-order valence-corrected chi connectivity index (χ1v) is 6.45. The lowest BCUT2D eigenvalue weighted by molar-refractivity contribution is -0.133. The molecule has 0 radical (unpaired) electrons. The van der Waals surface area contributed by atoms with Crippen molar-refractivity contribution in [1.29, 1.82) is 0 Å². The number of rotatable bonds is 3. The Hall–Kier alpha value is -1.66. The van der Waals surface area contributed by atoms with E-state index in [0.717, 1.165) is 0 Å². The second kappa shape index (κ2) is 5.54. The Kier molecular flexibility index (Phi) is 4.01. The van der Waals surface area contributed by atoms with Crippen LogP contribution in [0.25, 0.3) is 0 Å². The van der Waals surface area contributed by atoms with E-state index in [-0.39, 0.29) is 16.8 Å². The van der Waals surface area contributed by atoms with E-state index in [4.69, 9.17) is 29.6 Å². The van der Waals surface area contributed by atoms with Crippen LogP contribution in [0.15, 0.2) is 18.2 Å². The second-order valence-electron chi connectivity index (χ2n) is 4.20. The maximum Gasteiger partial charge on any atom is 0.249 e. The van der Waals surface area contributed by atoms with Gasteiger partial charge in [0.25, 0.3) is 0 Å². The Morgan fingerprint density at radius 1 is 1.47 bits per heavy atom. The Labute approximate surface area is 120 Å². The third-order valence-corrected chi connectivity index (χ3v) is 3.27. The minimum Gasteiger partial charge on any atom is -0.389 e. The summed E-state index contributed by atoms with van der Waals surface area (Å²) in [4.78, 5) is 22.9. The molecule has 0 spiro atoms. The van der Waals surface area contributed by atoms with Crippen LogP contribution < -0.4 is 16.4 Å². The van der Waals surface area contributed by atoms with Gasteiger partial charge in [0, 0.05) is 22.7 Å². The molecule has 1 aromatic rings. The zero-order valence-corrected chi connectivity index (χ0v) is 11.5. The first-order chi connectivity index (χ1) is 8.97. The van der Waals surface area contributed by atoms with Crippen molar-refractivity contribution in [2.75, 3.05) is 5.32 Å². The summed E-state index contributed by atoms with van der Waals surface area (Å²) in [5.41, 5.74) is 6.83. The van der Waals surface area contributed by atoms with E-state index in [1.54, 1.807) is 18.2 Å². The number of amides is 2. The Balaban J connectivity index is 2.21. The van der Waals surface area contributed by atoms with Crippen LogP contribution in [-0.4, -0.2) is 22.8 Å². The lowest BCUT2D eigenvalue weighted by Crippen LogP contribution is -2.47. The smallest absolute Gasteiger partial charge is 0.249 e. The fourth-order valence-corrected chi connectivity index (χ4v) is 2.21. The van der Waals surface area contributed by atoms with Crippen molar-refractivity contribution in [2.45, 2.75) is 18.9 Å². The molecule has 2 amide bonds. The number of carbonyl (C=O) groups is 2. The molecule has 1 unspecified atom stereocenters. The van der Waals surface area contributed by atoms with Crippen molar-refractivity contribution < 1.29 is 9.59 Å². The number of nitrogens with one attached hydrogen (secondary N) is 2. The monoisotopic (exact) mass is 297 g/mol. The summed E-state index contributed by atoms with van der Waals surface area (Å²) in [6.07, 6.45) is 0.740. The van der Waals surface area contributed by atoms with Crippen LogP contribution in [0.3, 0.4) is 0 Å². The van der Waals surface area contributed by atoms with Crippen molar-refractivity contribution in [2.24, 2.45) is 5.73 Å². The van der Waals surface area contributed by atoms with Gasteiger partial charge in [-0.3, -0.25) is 14.9 Å². The molecule has 1 saturated heterocycles. The molecule has 0 aliphatic carbocycles. The molecule has 0 bridgehead atoms. The van der Waals surface area contributed by atoms with E-state index in [2.05, 4.69) is 10.6 Å². The average Bonchev–Trinajstić information content (AvgIpc) is 2.34. The van der Waals surface area contributed by atoms with E-state index in [0.29, 0.717) is 29.1 Å². The first kappa shape index (κ1) is 13.8. The Morgan fingerprint density at radius 3 is 2.84 bits per heavy atom. The molecule has 0 aromatic heterocycles. The molecule has 1 fully saturated rings. The number of thiocarbonyl (C=S) groups is 1. The highest BCUT2D eigenvalue weighted by Crippen LogP contribution is 2.22. The van der Waals surface area contributed by atoms with E-state index < -0.39 is 6.04 Å². The van der Waals surface area contributed by atoms with Crippen LogP contribution in [-0.2, 0) is 9.59 Å². The highest BCUT2D eigenvalue weighted by atomic mass is 35.5. The van der Waals surface area contributed by atoms with Crippen molar-refractivity contribution >= 4 is 46.3 Å². The first-order valence-electron chi connectivity index (χ1n) is 5.67. The van der Waals surface area contributed by atoms with E-state index in [1.165, 1.54) is 0 Å². The molecule has 0 saturated carbocycles. The molecule has 4 N–H and O–H groups in total. The SMILES string of the molecule is NC(=S)c1cc(Cl)ccc1NC1CCC(=O)NC1=O. The topological polar surface area (TPSA) is 84.2 Å². The Morgan fingerprint density at radius 2 is 2.21 bits per heavy atom. The third kappa shape index (κ3) is 3.21. The number of anilines is 1. The number of imide groups is 1. The molecule has 1 heterocycles. The van der Waals surface area contributed by atoms with Gasteiger partial charge in [0.2, 0.25) is 11.8 Å². The molecule has 1 atom stereocenters. The molecule has 1 aliphatic heterocycles. The quantitative estimate of drug-likeness (QED) is 0.576. The number of hydrogen-bond acceptors (Lipinski definition) is 4. The number of benzene rings is 1. The van der Waals surface area contributed by atoms with Crippen molar-refractivity contribution in [1.82, 2.24) is 5.32 Å². The lowest BCUT2D eigenvalue weighted by Gasteiger charge is -2.24. The zero-order valence-electron chi connectivity index (χ0n) is 9.90. The predicted molar refractivity (Wildman–Crippen MR) is 77.1 cm³/mol. The third-order valence-electron chi connectivity index (χ3n) is 2.82. The number of carbonyl (C=O) groups excluding carboxylic acids is 2. The van der Waals surface area contributed by atoms with Crippen molar-refractivity contribution in [3.63, 3.8) is 0 Å². The van der Waals surface area contributed by atoms with Crippen molar-refractivity contribution in [3.05, 3.63) is 28.8 Å². The van der Waals surface area contributed by atoms with Crippen LogP contribution >= 0.6 is 23.8 Å². The van der Waals surface area contributed by atoms with E-state index in [1.807, 2.05) is 0 Å². The minimum absolute atomic E-state index is 0.192. The van der Waals surface area contributed by atoms with Gasteiger partial charge in [-0.15, -0.1) is 0 Å². The molecule has 1 aromatic carbocycles. The molecule has 5 nitrogen and oxygen atoms in total. The molecular weight excluding hydrogens is 286 g/mol. The number of piperidine rings is 1. The zero-order chi connectivity index (χ0) is 14.0. The maximum absolute atomic E-state index is 11.7. The largest absolute Gasteiger partial charge is 0.389 e. The van der Waals surface area contributed by atoms with Gasteiger partial charge in [-0.1, -0.05) is 23.8 Å². The standard InChI is InChI=1S/C12H12ClN3O2S/c13-6-1-2-8(7(5-6)11(14)19)15-9-3-4-10(17)16-12(9)18/h1-2,5,9,15H,3-4H2,(H2,14,19)(H,16,17,18). The molecule has 1 aliphatic rings. The minimum atomic E-state index is -0.480. The number of hydrogen-bond donors (Lipinski definition) is 3. The van der Waals surface area contributed by atoms with E-state index in [9.17, 15) is 9.59 Å². The van der Waals surface area contributed by atoms with Gasteiger partial charge < -0.3 is 11.1 Å². The fraction of sp³-hybridized carbons (Fsp3) is 0.250. The van der Waals surface area contributed by atoms with Gasteiger partial charge >= 0.3 is 0 Å². The van der Waals surface area contributed by atoms with Crippen LogP contribution in [0.1, 0.15) is 18.4 Å². The predicted octanol–water partition coefficient (Wildman–Crippen LogP) is 1.19. The Bertz CT molecular complexity index is 562. The van der Waals surface area contributed by atoms with E-state index >= 15 is 0 Å². The summed E-state index contributed by atoms with van der Waals surface area (Å²) in [6.45, 7) is 0.